The van der Waals surface area contributed by atoms with Crippen molar-refractivity contribution in [1.29, 1.82) is 0 Å². The molecule has 1 rings (SSSR count). The van der Waals surface area contributed by atoms with E-state index in [2.05, 4.69) is 0 Å². The van der Waals surface area contributed by atoms with Gasteiger partial charge in [0.1, 0.15) is 17.9 Å². The van der Waals surface area contributed by atoms with Gasteiger partial charge in [-0.2, -0.15) is 0 Å². The van der Waals surface area contributed by atoms with Crippen LogP contribution in [0.25, 0.3) is 0 Å². The highest BCUT2D eigenvalue weighted by molar-refractivity contribution is 5.97. The molecule has 0 heterocycles. The van der Waals surface area contributed by atoms with Crippen LogP contribution in [0.3, 0.4) is 0 Å². The number of aliphatic carboxylic acids is 1. The lowest BCUT2D eigenvalue weighted by Crippen LogP contribution is -2.56. The summed E-state index contributed by atoms with van der Waals surface area (Å²) in [5.74, 6) is -3.04. The molecule has 0 aliphatic carbocycles. The number of rotatable bonds is 7. The Bertz CT molecular complexity index is 619. The second-order valence-corrected chi connectivity index (χ2v) is 6.48. The quantitative estimate of drug-likeness (QED) is 0.574. The number of hydrogen-bond acceptors (Lipinski definition) is 5. The van der Waals surface area contributed by atoms with E-state index >= 15 is 0 Å². The Hall–Kier alpha value is -2.41. The van der Waals surface area contributed by atoms with Gasteiger partial charge in [0.25, 0.3) is 0 Å². The lowest BCUT2D eigenvalue weighted by Gasteiger charge is -2.36. The third kappa shape index (κ3) is 5.07. The maximum Gasteiger partial charge on any atom is 0.343 e. The van der Waals surface area contributed by atoms with Crippen LogP contribution in [0.4, 0.5) is 0 Å². The molecule has 126 valence electrons. The zero-order valence-electron chi connectivity index (χ0n) is 13.7. The van der Waals surface area contributed by atoms with E-state index in [1.165, 1.54) is 31.2 Å². The summed E-state index contributed by atoms with van der Waals surface area (Å²) in [6.07, 6.45) is -0.642. The number of benzene rings is 1. The summed E-state index contributed by atoms with van der Waals surface area (Å²) in [6, 6.07) is 5.72. The molecule has 0 fully saturated rings. The van der Waals surface area contributed by atoms with Gasteiger partial charge >= 0.3 is 11.9 Å². The molecule has 2 N–H and O–H groups in total. The Labute approximate surface area is 134 Å². The normalized spacial score (nSPS) is 13.9. The number of quaternary nitrogens is 1. The Kier molecular flexibility index (Phi) is 5.50. The lowest BCUT2D eigenvalue weighted by atomic mass is 9.93. The van der Waals surface area contributed by atoms with E-state index in [9.17, 15) is 19.5 Å². The summed E-state index contributed by atoms with van der Waals surface area (Å²) in [5, 5.41) is 18.9. The summed E-state index contributed by atoms with van der Waals surface area (Å²) in [5.41, 5.74) is -1.92. The number of ketones is 1. The number of hydrogen-bond donors (Lipinski definition) is 2. The molecule has 1 aromatic carbocycles. The topological polar surface area (TPSA) is 101 Å². The fourth-order valence-corrected chi connectivity index (χ4v) is 2.32. The van der Waals surface area contributed by atoms with Gasteiger partial charge in [-0.1, -0.05) is 12.1 Å². The first-order valence-electron chi connectivity index (χ1n) is 7.01. The van der Waals surface area contributed by atoms with Crippen molar-refractivity contribution in [2.45, 2.75) is 18.9 Å². The van der Waals surface area contributed by atoms with Gasteiger partial charge < -0.3 is 19.4 Å². The number of nitrogens with zero attached hydrogens (tertiary/aromatic N) is 1. The van der Waals surface area contributed by atoms with Crippen molar-refractivity contribution >= 4 is 17.7 Å². The molecular formula is C16H22NO6+. The van der Waals surface area contributed by atoms with Crippen molar-refractivity contribution < 1.29 is 33.8 Å². The minimum absolute atomic E-state index is 0.00598. The second kappa shape index (κ2) is 6.78. The first-order valence-corrected chi connectivity index (χ1v) is 7.01. The predicted octanol–water partition coefficient (Wildman–Crippen LogP) is 1.06. The summed E-state index contributed by atoms with van der Waals surface area (Å²) in [4.78, 5) is 35.6. The average Bonchev–Trinajstić information content (AvgIpc) is 2.35. The van der Waals surface area contributed by atoms with E-state index in [0.29, 0.717) is 0 Å². The van der Waals surface area contributed by atoms with Crippen LogP contribution in [0.1, 0.15) is 23.7 Å². The fourth-order valence-electron chi connectivity index (χ4n) is 2.32. The van der Waals surface area contributed by atoms with E-state index < -0.39 is 29.7 Å². The van der Waals surface area contributed by atoms with Gasteiger partial charge in [-0.25, -0.2) is 4.79 Å². The van der Waals surface area contributed by atoms with Crippen LogP contribution < -0.4 is 0 Å². The number of carbonyl (C=O) groups excluding carboxylic acids is 2. The molecule has 0 saturated carbocycles. The Morgan fingerprint density at radius 2 is 1.74 bits per heavy atom. The smallest absolute Gasteiger partial charge is 0.343 e. The van der Waals surface area contributed by atoms with Crippen LogP contribution in [0, 0.1) is 0 Å². The van der Waals surface area contributed by atoms with Crippen molar-refractivity contribution in [3.63, 3.8) is 0 Å². The number of likely N-dealkylation sites (N-methyl/N-ethyl adjacent to an activating group) is 1. The molecule has 0 aliphatic heterocycles. The Balaban J connectivity index is 3.23. The number of carboxylic acid groups (broad SMARTS) is 1. The van der Waals surface area contributed by atoms with Gasteiger partial charge in [-0.3, -0.25) is 9.59 Å². The van der Waals surface area contributed by atoms with Crippen LogP contribution in [0.2, 0.25) is 0 Å². The molecule has 0 saturated heterocycles. The Morgan fingerprint density at radius 1 is 1.17 bits per heavy atom. The van der Waals surface area contributed by atoms with Crippen LogP contribution in [-0.2, 0) is 14.3 Å². The van der Waals surface area contributed by atoms with Crippen molar-refractivity contribution in [1.82, 2.24) is 0 Å². The van der Waals surface area contributed by atoms with E-state index in [1.54, 1.807) is 21.1 Å². The van der Waals surface area contributed by atoms with Gasteiger partial charge in [-0.05, 0) is 19.1 Å². The summed E-state index contributed by atoms with van der Waals surface area (Å²) in [7, 11) is 5.27. The van der Waals surface area contributed by atoms with E-state index in [0.717, 1.165) is 0 Å². The minimum Gasteiger partial charge on any atom is -0.507 e. The number of Topliss-reactive ketones (excluding diaryl/α,β-unsaturated/α-hetero) is 1. The van der Waals surface area contributed by atoms with Crippen molar-refractivity contribution in [3.05, 3.63) is 29.8 Å². The third-order valence-electron chi connectivity index (χ3n) is 3.22. The number of esters is 1. The van der Waals surface area contributed by atoms with Crippen molar-refractivity contribution in [2.24, 2.45) is 0 Å². The lowest BCUT2D eigenvalue weighted by molar-refractivity contribution is -0.875. The molecule has 7 nitrogen and oxygen atoms in total. The zero-order valence-corrected chi connectivity index (χ0v) is 13.7. The number of phenols is 1. The Morgan fingerprint density at radius 3 is 2.17 bits per heavy atom. The molecule has 1 unspecified atom stereocenters. The number of carboxylic acids is 1. The predicted molar refractivity (Wildman–Crippen MR) is 82.1 cm³/mol. The third-order valence-corrected chi connectivity index (χ3v) is 3.22. The molecule has 7 heteroatoms. The molecule has 0 aromatic heterocycles. The fraction of sp³-hybridized carbons (Fsp3) is 0.438. The molecule has 23 heavy (non-hydrogen) atoms. The highest BCUT2D eigenvalue weighted by Crippen LogP contribution is 2.25. The van der Waals surface area contributed by atoms with Crippen LogP contribution in [-0.4, -0.2) is 65.7 Å². The molecule has 0 radical (unpaired) electrons. The second-order valence-electron chi connectivity index (χ2n) is 6.48. The maximum absolute atomic E-state index is 12.3. The van der Waals surface area contributed by atoms with Crippen molar-refractivity contribution in [3.8, 4) is 5.75 Å². The monoisotopic (exact) mass is 324 g/mol. The molecular weight excluding hydrogens is 302 g/mol. The van der Waals surface area contributed by atoms with Crippen molar-refractivity contribution in [2.75, 3.05) is 27.7 Å². The number of ether oxygens (including phenoxy) is 1. The summed E-state index contributed by atoms with van der Waals surface area (Å²) < 4.78 is 5.53. The highest BCUT2D eigenvalue weighted by Gasteiger charge is 2.47. The minimum atomic E-state index is -1.80. The van der Waals surface area contributed by atoms with E-state index in [4.69, 9.17) is 9.84 Å². The number of carbonyl (C=O) groups is 3. The standard InChI is InChI=1S/C16H21NO6/c1-11(18)16(9-14(20)21,10-17(2,3)4)23-15(22)12-7-5-6-8-13(12)19/h5-8H,9-10H2,1-4H3,(H-,19,20,21,22)/p+1. The van der Waals surface area contributed by atoms with E-state index in [1.807, 2.05) is 0 Å². The van der Waals surface area contributed by atoms with Gasteiger partial charge in [0.2, 0.25) is 5.60 Å². The first kappa shape index (κ1) is 18.6. The van der Waals surface area contributed by atoms with Crippen LogP contribution in [0.5, 0.6) is 5.75 Å². The van der Waals surface area contributed by atoms with Gasteiger partial charge in [0, 0.05) is 0 Å². The number of phenolic OH excluding ortho intramolecular Hbond substituents is 1. The first-order chi connectivity index (χ1) is 10.5. The molecule has 0 bridgehead atoms. The van der Waals surface area contributed by atoms with Gasteiger partial charge in [0.15, 0.2) is 5.78 Å². The van der Waals surface area contributed by atoms with Crippen LogP contribution in [0.15, 0.2) is 24.3 Å². The van der Waals surface area contributed by atoms with E-state index in [-0.39, 0.29) is 22.3 Å². The number of aromatic hydroxyl groups is 1. The summed E-state index contributed by atoms with van der Waals surface area (Å²) in [6.45, 7) is 1.19. The number of para-hydroxylation sites is 1. The largest absolute Gasteiger partial charge is 0.507 e. The molecule has 0 spiro atoms. The SMILES string of the molecule is CC(=O)C(CC(=O)O)(C[N+](C)(C)C)OC(=O)c1ccccc1O. The summed E-state index contributed by atoms with van der Waals surface area (Å²) >= 11 is 0. The highest BCUT2D eigenvalue weighted by atomic mass is 16.6. The zero-order chi connectivity index (χ0) is 17.8. The molecule has 0 aliphatic rings. The van der Waals surface area contributed by atoms with Gasteiger partial charge in [0.05, 0.1) is 27.6 Å². The van der Waals surface area contributed by atoms with Gasteiger partial charge in [-0.15, -0.1) is 0 Å². The average molecular weight is 324 g/mol. The van der Waals surface area contributed by atoms with Crippen LogP contribution >= 0.6 is 0 Å². The molecule has 1 aromatic rings. The molecule has 1 atom stereocenters. The maximum atomic E-state index is 12.3. The molecule has 0 amide bonds.